The first kappa shape index (κ1) is 14.7. The van der Waals surface area contributed by atoms with Crippen molar-refractivity contribution in [3.05, 3.63) is 34.9 Å². The van der Waals surface area contributed by atoms with Crippen LogP contribution in [0.25, 0.3) is 0 Å². The molecule has 2 atom stereocenters. The van der Waals surface area contributed by atoms with Crippen LogP contribution in [-0.2, 0) is 16.1 Å². The molecule has 0 heterocycles. The number of ether oxygens (including phenoxy) is 1. The highest BCUT2D eigenvalue weighted by Gasteiger charge is 2.23. The first-order valence-corrected chi connectivity index (χ1v) is 6.00. The van der Waals surface area contributed by atoms with Gasteiger partial charge >= 0.3 is 5.97 Å². The van der Waals surface area contributed by atoms with Crippen molar-refractivity contribution in [2.24, 2.45) is 0 Å². The standard InChI is InChI=1S/C14H21NO3/c1-9-5-10(2)7-12(6-9)8-15-13(11(3)16)14(17)18-4/h5-7,11,13,15-16H,8H2,1-4H3/t11-,13-/m0/s1. The summed E-state index contributed by atoms with van der Waals surface area (Å²) in [7, 11) is 1.32. The summed E-state index contributed by atoms with van der Waals surface area (Å²) < 4.78 is 4.65. The van der Waals surface area contributed by atoms with Gasteiger partial charge in [-0.3, -0.25) is 10.1 Å². The predicted octanol–water partition coefficient (Wildman–Crippen LogP) is 1.32. The number of benzene rings is 1. The molecule has 0 unspecified atom stereocenters. The van der Waals surface area contributed by atoms with Crippen LogP contribution in [0, 0.1) is 13.8 Å². The van der Waals surface area contributed by atoms with Gasteiger partial charge in [0.15, 0.2) is 0 Å². The highest BCUT2D eigenvalue weighted by Crippen LogP contribution is 2.09. The smallest absolute Gasteiger partial charge is 0.325 e. The predicted molar refractivity (Wildman–Crippen MR) is 70.2 cm³/mol. The Morgan fingerprint density at radius 2 is 1.89 bits per heavy atom. The van der Waals surface area contributed by atoms with E-state index >= 15 is 0 Å². The van der Waals surface area contributed by atoms with Crippen LogP contribution >= 0.6 is 0 Å². The van der Waals surface area contributed by atoms with Crippen molar-refractivity contribution in [3.8, 4) is 0 Å². The summed E-state index contributed by atoms with van der Waals surface area (Å²) in [5.74, 6) is -0.450. The third-order valence-electron chi connectivity index (χ3n) is 2.75. The first-order valence-electron chi connectivity index (χ1n) is 6.00. The quantitative estimate of drug-likeness (QED) is 0.775. The van der Waals surface area contributed by atoms with E-state index in [9.17, 15) is 9.90 Å². The Kier molecular flexibility index (Phi) is 5.31. The van der Waals surface area contributed by atoms with Gasteiger partial charge in [-0.1, -0.05) is 29.3 Å². The third-order valence-corrected chi connectivity index (χ3v) is 2.75. The molecule has 0 spiro atoms. The van der Waals surface area contributed by atoms with Gasteiger partial charge in [0.1, 0.15) is 6.04 Å². The molecule has 1 aromatic rings. The van der Waals surface area contributed by atoms with E-state index in [0.717, 1.165) is 5.56 Å². The number of carbonyl (C=O) groups is 1. The number of rotatable bonds is 5. The minimum Gasteiger partial charge on any atom is -0.468 e. The van der Waals surface area contributed by atoms with E-state index in [1.54, 1.807) is 6.92 Å². The summed E-state index contributed by atoms with van der Waals surface area (Å²) in [6, 6.07) is 5.50. The number of hydrogen-bond acceptors (Lipinski definition) is 4. The fraction of sp³-hybridized carbons (Fsp3) is 0.500. The molecule has 0 radical (unpaired) electrons. The molecule has 0 aliphatic heterocycles. The van der Waals surface area contributed by atoms with Gasteiger partial charge in [0.2, 0.25) is 0 Å². The summed E-state index contributed by atoms with van der Waals surface area (Å²) in [6.45, 7) is 6.15. The molecule has 100 valence electrons. The van der Waals surface area contributed by atoms with Crippen molar-refractivity contribution in [2.75, 3.05) is 7.11 Å². The zero-order chi connectivity index (χ0) is 13.7. The number of aliphatic hydroxyl groups excluding tert-OH is 1. The molecule has 0 amide bonds. The average molecular weight is 251 g/mol. The highest BCUT2D eigenvalue weighted by molar-refractivity contribution is 5.76. The molecule has 0 fully saturated rings. The zero-order valence-electron chi connectivity index (χ0n) is 11.4. The van der Waals surface area contributed by atoms with E-state index in [2.05, 4.69) is 28.3 Å². The van der Waals surface area contributed by atoms with Crippen molar-refractivity contribution in [1.29, 1.82) is 0 Å². The van der Waals surface area contributed by atoms with Crippen LogP contribution in [0.3, 0.4) is 0 Å². The number of aryl methyl sites for hydroxylation is 2. The van der Waals surface area contributed by atoms with E-state index in [0.29, 0.717) is 6.54 Å². The lowest BCUT2D eigenvalue weighted by molar-refractivity contribution is -0.145. The normalized spacial score (nSPS) is 14.1. The van der Waals surface area contributed by atoms with Crippen molar-refractivity contribution < 1.29 is 14.6 Å². The number of esters is 1. The van der Waals surface area contributed by atoms with Gasteiger partial charge in [0.25, 0.3) is 0 Å². The zero-order valence-corrected chi connectivity index (χ0v) is 11.4. The van der Waals surface area contributed by atoms with Gasteiger partial charge in [-0.25, -0.2) is 0 Å². The molecule has 4 heteroatoms. The van der Waals surface area contributed by atoms with Gasteiger partial charge in [-0.15, -0.1) is 0 Å². The Morgan fingerprint density at radius 3 is 2.33 bits per heavy atom. The average Bonchev–Trinajstić information content (AvgIpc) is 2.27. The molecular formula is C14H21NO3. The summed E-state index contributed by atoms with van der Waals surface area (Å²) in [5, 5.41) is 12.6. The first-order chi connectivity index (χ1) is 8.43. The molecule has 1 rings (SSSR count). The van der Waals surface area contributed by atoms with Crippen LogP contribution in [0.2, 0.25) is 0 Å². The highest BCUT2D eigenvalue weighted by atomic mass is 16.5. The van der Waals surface area contributed by atoms with E-state index in [1.165, 1.54) is 18.2 Å². The van der Waals surface area contributed by atoms with Crippen LogP contribution in [0.1, 0.15) is 23.6 Å². The molecule has 2 N–H and O–H groups in total. The number of hydrogen-bond donors (Lipinski definition) is 2. The maximum absolute atomic E-state index is 11.5. The second-order valence-corrected chi connectivity index (χ2v) is 4.62. The van der Waals surface area contributed by atoms with E-state index in [4.69, 9.17) is 0 Å². The fourth-order valence-electron chi connectivity index (χ4n) is 1.98. The van der Waals surface area contributed by atoms with Crippen molar-refractivity contribution >= 4 is 5.97 Å². The number of nitrogens with one attached hydrogen (secondary N) is 1. The molecular weight excluding hydrogens is 230 g/mol. The molecule has 0 saturated carbocycles. The van der Waals surface area contributed by atoms with Gasteiger partial charge in [-0.2, -0.15) is 0 Å². The minimum absolute atomic E-state index is 0.450. The monoisotopic (exact) mass is 251 g/mol. The lowest BCUT2D eigenvalue weighted by atomic mass is 10.1. The largest absolute Gasteiger partial charge is 0.468 e. The fourth-order valence-corrected chi connectivity index (χ4v) is 1.98. The van der Waals surface area contributed by atoms with Crippen LogP contribution in [0.4, 0.5) is 0 Å². The van der Waals surface area contributed by atoms with Crippen molar-refractivity contribution in [3.63, 3.8) is 0 Å². The van der Waals surface area contributed by atoms with Gasteiger partial charge in [0.05, 0.1) is 13.2 Å². The summed E-state index contributed by atoms with van der Waals surface area (Å²) >= 11 is 0. The maximum Gasteiger partial charge on any atom is 0.325 e. The minimum atomic E-state index is -0.789. The van der Waals surface area contributed by atoms with Crippen LogP contribution < -0.4 is 5.32 Å². The lowest BCUT2D eigenvalue weighted by Gasteiger charge is -2.19. The molecule has 0 aliphatic rings. The number of carbonyl (C=O) groups excluding carboxylic acids is 1. The van der Waals surface area contributed by atoms with E-state index in [1.807, 2.05) is 13.8 Å². The molecule has 4 nitrogen and oxygen atoms in total. The Balaban J connectivity index is 2.69. The summed E-state index contributed by atoms with van der Waals surface area (Å²) in [6.07, 6.45) is -0.789. The van der Waals surface area contributed by atoms with E-state index < -0.39 is 18.1 Å². The maximum atomic E-state index is 11.5. The summed E-state index contributed by atoms with van der Waals surface area (Å²) in [5.41, 5.74) is 3.44. The SMILES string of the molecule is COC(=O)[C@@H](NCc1cc(C)cc(C)c1)[C@H](C)O. The lowest BCUT2D eigenvalue weighted by Crippen LogP contribution is -2.45. The van der Waals surface area contributed by atoms with Crippen LogP contribution in [0.15, 0.2) is 18.2 Å². The van der Waals surface area contributed by atoms with Crippen molar-refractivity contribution in [1.82, 2.24) is 5.32 Å². The van der Waals surface area contributed by atoms with Gasteiger partial charge in [0, 0.05) is 6.54 Å². The molecule has 0 aliphatic carbocycles. The van der Waals surface area contributed by atoms with Gasteiger partial charge in [-0.05, 0) is 26.3 Å². The molecule has 0 bridgehead atoms. The van der Waals surface area contributed by atoms with Gasteiger partial charge < -0.3 is 9.84 Å². The Hall–Kier alpha value is -1.39. The number of aliphatic hydroxyl groups is 1. The Labute approximate surface area is 108 Å². The van der Waals surface area contributed by atoms with E-state index in [-0.39, 0.29) is 0 Å². The van der Waals surface area contributed by atoms with Crippen LogP contribution in [0.5, 0.6) is 0 Å². The van der Waals surface area contributed by atoms with Crippen molar-refractivity contribution in [2.45, 2.75) is 39.5 Å². The molecule has 1 aromatic carbocycles. The second-order valence-electron chi connectivity index (χ2n) is 4.62. The van der Waals surface area contributed by atoms with Crippen LogP contribution in [-0.4, -0.2) is 30.3 Å². The molecule has 0 aromatic heterocycles. The third kappa shape index (κ3) is 4.13. The topological polar surface area (TPSA) is 58.6 Å². The molecule has 0 saturated heterocycles. The number of methoxy groups -OCH3 is 1. The second kappa shape index (κ2) is 6.52. The summed E-state index contributed by atoms with van der Waals surface area (Å²) in [4.78, 5) is 11.5. The Morgan fingerprint density at radius 1 is 1.33 bits per heavy atom. The molecule has 18 heavy (non-hydrogen) atoms. The Bertz CT molecular complexity index is 395.